The normalized spacial score (nSPS) is 17.2. The first kappa shape index (κ1) is 18.3. The molecule has 1 atom stereocenters. The summed E-state index contributed by atoms with van der Waals surface area (Å²) in [6.07, 6.45) is -0.511. The van der Waals surface area contributed by atoms with E-state index >= 15 is 0 Å². The zero-order valence-corrected chi connectivity index (χ0v) is 14.8. The van der Waals surface area contributed by atoms with Crippen LogP contribution < -0.4 is 10.2 Å². The topological polar surface area (TPSA) is 73.9 Å². The van der Waals surface area contributed by atoms with E-state index in [-0.39, 0.29) is 18.4 Å². The van der Waals surface area contributed by atoms with Gasteiger partial charge in [-0.25, -0.2) is 4.98 Å². The Morgan fingerprint density at radius 2 is 2.11 bits per heavy atom. The van der Waals surface area contributed by atoms with Crippen molar-refractivity contribution in [3.63, 3.8) is 0 Å². The maximum absolute atomic E-state index is 12.6. The van der Waals surface area contributed by atoms with Gasteiger partial charge in [0.1, 0.15) is 5.69 Å². The molecule has 0 saturated carbocycles. The number of fused-ring (bicyclic) bond motifs is 1. The van der Waals surface area contributed by atoms with Crippen LogP contribution in [0.5, 0.6) is 0 Å². The highest BCUT2D eigenvalue weighted by Gasteiger charge is 2.32. The van der Waals surface area contributed by atoms with Gasteiger partial charge < -0.3 is 10.2 Å². The van der Waals surface area contributed by atoms with Crippen molar-refractivity contribution in [2.24, 2.45) is 0 Å². The summed E-state index contributed by atoms with van der Waals surface area (Å²) in [6, 6.07) is 8.04. The Kier molecular flexibility index (Phi) is 4.66. The third-order valence-corrected chi connectivity index (χ3v) is 4.83. The summed E-state index contributed by atoms with van der Waals surface area (Å²) in [4.78, 5) is 17.8. The van der Waals surface area contributed by atoms with Crippen molar-refractivity contribution >= 4 is 22.5 Å². The van der Waals surface area contributed by atoms with Gasteiger partial charge in [0.15, 0.2) is 0 Å². The molecule has 1 unspecified atom stereocenters. The van der Waals surface area contributed by atoms with Crippen LogP contribution in [0.4, 0.5) is 18.9 Å². The number of nitrogens with zero attached hydrogens (tertiary/aromatic N) is 3. The fourth-order valence-electron chi connectivity index (χ4n) is 3.42. The van der Waals surface area contributed by atoms with Crippen molar-refractivity contribution < 1.29 is 18.0 Å². The first-order valence-corrected chi connectivity index (χ1v) is 8.88. The molecule has 2 N–H and O–H groups in total. The van der Waals surface area contributed by atoms with Gasteiger partial charge >= 0.3 is 6.18 Å². The number of hydrogen-bond donors (Lipinski definition) is 2. The van der Waals surface area contributed by atoms with Gasteiger partial charge in [0, 0.05) is 24.5 Å². The van der Waals surface area contributed by atoms with Gasteiger partial charge in [0.25, 0.3) is 0 Å². The van der Waals surface area contributed by atoms with Gasteiger partial charge in [-0.2, -0.15) is 18.3 Å². The van der Waals surface area contributed by atoms with Crippen molar-refractivity contribution in [3.05, 3.63) is 54.0 Å². The lowest BCUT2D eigenvalue weighted by Gasteiger charge is -2.19. The summed E-state index contributed by atoms with van der Waals surface area (Å²) in [5, 5.41) is 10.8. The molecule has 3 aromatic rings. The highest BCUT2D eigenvalue weighted by atomic mass is 19.4. The molecule has 28 heavy (non-hydrogen) atoms. The van der Waals surface area contributed by atoms with Crippen LogP contribution in [0.25, 0.3) is 10.9 Å². The van der Waals surface area contributed by atoms with Gasteiger partial charge in [-0.3, -0.25) is 9.89 Å². The number of amides is 1. The number of pyridine rings is 1. The van der Waals surface area contributed by atoms with Crippen molar-refractivity contribution in [1.29, 1.82) is 0 Å². The van der Waals surface area contributed by atoms with Crippen molar-refractivity contribution in [1.82, 2.24) is 20.5 Å². The van der Waals surface area contributed by atoms with E-state index in [4.69, 9.17) is 0 Å². The molecule has 9 heteroatoms. The molecule has 3 heterocycles. The minimum absolute atomic E-state index is 0.0487. The smallest absolute Gasteiger partial charge is 0.368 e. The largest absolute Gasteiger partial charge is 0.433 e. The van der Waals surface area contributed by atoms with Crippen LogP contribution in [0.15, 0.2) is 42.7 Å². The molecule has 1 saturated heterocycles. The average molecular weight is 389 g/mol. The summed E-state index contributed by atoms with van der Waals surface area (Å²) in [5.41, 5.74) is 1.53. The maximum atomic E-state index is 12.6. The first-order chi connectivity index (χ1) is 13.4. The van der Waals surface area contributed by atoms with Crippen LogP contribution in [-0.4, -0.2) is 40.2 Å². The molecule has 0 aliphatic carbocycles. The second-order valence-corrected chi connectivity index (χ2v) is 6.87. The molecule has 0 spiro atoms. The molecule has 4 rings (SSSR count). The SMILES string of the molecule is O=C(Cc1ccc2[nH]ncc2c1)NC1CCN(c2ccc(C(F)(F)F)nc2)C1. The first-order valence-electron chi connectivity index (χ1n) is 8.88. The van der Waals surface area contributed by atoms with Crippen molar-refractivity contribution in [2.75, 3.05) is 18.0 Å². The summed E-state index contributed by atoms with van der Waals surface area (Å²) in [5.74, 6) is -0.0831. The van der Waals surface area contributed by atoms with E-state index in [2.05, 4.69) is 20.5 Å². The van der Waals surface area contributed by atoms with E-state index in [9.17, 15) is 18.0 Å². The molecule has 1 aliphatic heterocycles. The predicted molar refractivity (Wildman–Crippen MR) is 97.8 cm³/mol. The second-order valence-electron chi connectivity index (χ2n) is 6.87. The van der Waals surface area contributed by atoms with Gasteiger partial charge in [-0.05, 0) is 36.2 Å². The number of carbonyl (C=O) groups is 1. The third kappa shape index (κ3) is 3.92. The summed E-state index contributed by atoms with van der Waals surface area (Å²) >= 11 is 0. The monoisotopic (exact) mass is 389 g/mol. The second kappa shape index (κ2) is 7.14. The lowest BCUT2D eigenvalue weighted by molar-refractivity contribution is -0.141. The van der Waals surface area contributed by atoms with E-state index in [1.165, 1.54) is 12.3 Å². The number of carbonyl (C=O) groups excluding carboxylic acids is 1. The molecular formula is C19H18F3N5O. The van der Waals surface area contributed by atoms with E-state index < -0.39 is 11.9 Å². The van der Waals surface area contributed by atoms with Crippen LogP contribution >= 0.6 is 0 Å². The number of H-pyrrole nitrogens is 1. The Balaban J connectivity index is 1.33. The van der Waals surface area contributed by atoms with E-state index in [0.29, 0.717) is 18.8 Å². The van der Waals surface area contributed by atoms with Crippen LogP contribution in [-0.2, 0) is 17.4 Å². The summed E-state index contributed by atoms with van der Waals surface area (Å²) in [6.45, 7) is 1.19. The van der Waals surface area contributed by atoms with Gasteiger partial charge in [-0.1, -0.05) is 6.07 Å². The number of rotatable bonds is 4. The average Bonchev–Trinajstić information content (AvgIpc) is 3.30. The third-order valence-electron chi connectivity index (χ3n) is 4.83. The quantitative estimate of drug-likeness (QED) is 0.720. The molecule has 0 bridgehead atoms. The van der Waals surface area contributed by atoms with Crippen LogP contribution in [0, 0.1) is 0 Å². The number of anilines is 1. The number of aromatic amines is 1. The van der Waals surface area contributed by atoms with Crippen LogP contribution in [0.2, 0.25) is 0 Å². The van der Waals surface area contributed by atoms with Gasteiger partial charge in [-0.15, -0.1) is 0 Å². The lowest BCUT2D eigenvalue weighted by Crippen LogP contribution is -2.38. The van der Waals surface area contributed by atoms with E-state index in [1.54, 1.807) is 6.20 Å². The molecule has 1 fully saturated rings. The number of halogens is 3. The van der Waals surface area contributed by atoms with Crippen LogP contribution in [0.1, 0.15) is 17.7 Å². The zero-order chi connectivity index (χ0) is 19.7. The maximum Gasteiger partial charge on any atom is 0.433 e. The van der Waals surface area contributed by atoms with Gasteiger partial charge in [0.05, 0.1) is 30.0 Å². The Morgan fingerprint density at radius 3 is 2.86 bits per heavy atom. The Labute approximate surface area is 158 Å². The van der Waals surface area contributed by atoms with E-state index in [1.807, 2.05) is 23.1 Å². The fourth-order valence-corrected chi connectivity index (χ4v) is 3.42. The van der Waals surface area contributed by atoms with E-state index in [0.717, 1.165) is 29.0 Å². The van der Waals surface area contributed by atoms with Gasteiger partial charge in [0.2, 0.25) is 5.91 Å². The minimum atomic E-state index is -4.44. The summed E-state index contributed by atoms with van der Waals surface area (Å²) in [7, 11) is 0. The molecule has 1 aliphatic rings. The molecule has 146 valence electrons. The number of benzene rings is 1. The molecule has 1 amide bonds. The summed E-state index contributed by atoms with van der Waals surface area (Å²) < 4.78 is 37.9. The number of alkyl halides is 3. The Bertz CT molecular complexity index is 983. The molecule has 2 aromatic heterocycles. The fraction of sp³-hybridized carbons (Fsp3) is 0.316. The molecule has 1 aromatic carbocycles. The number of nitrogens with one attached hydrogen (secondary N) is 2. The number of hydrogen-bond acceptors (Lipinski definition) is 4. The number of aromatic nitrogens is 3. The standard InChI is InChI=1S/C19H18F3N5O/c20-19(21,22)17-4-2-15(10-23-17)27-6-5-14(11-27)25-18(28)8-12-1-3-16-13(7-12)9-24-26-16/h1-4,7,9-10,14H,5-6,8,11H2,(H,24,26)(H,25,28). The minimum Gasteiger partial charge on any atom is -0.368 e. The zero-order valence-electron chi connectivity index (χ0n) is 14.8. The molecular weight excluding hydrogens is 371 g/mol. The van der Waals surface area contributed by atoms with Crippen molar-refractivity contribution in [2.45, 2.75) is 25.1 Å². The molecule has 0 radical (unpaired) electrons. The molecule has 6 nitrogen and oxygen atoms in total. The highest BCUT2D eigenvalue weighted by molar-refractivity contribution is 5.83. The lowest BCUT2D eigenvalue weighted by atomic mass is 10.1. The van der Waals surface area contributed by atoms with Crippen LogP contribution in [0.3, 0.4) is 0 Å². The predicted octanol–water partition coefficient (Wildman–Crippen LogP) is 2.91. The van der Waals surface area contributed by atoms with Crippen molar-refractivity contribution in [3.8, 4) is 0 Å². The highest BCUT2D eigenvalue weighted by Crippen LogP contribution is 2.29. The Hall–Kier alpha value is -3.10. The Morgan fingerprint density at radius 1 is 1.25 bits per heavy atom.